The second-order valence-corrected chi connectivity index (χ2v) is 9.86. The molecule has 4 heteroatoms. The third-order valence-corrected chi connectivity index (χ3v) is 7.15. The first kappa shape index (κ1) is 27.3. The molecule has 2 nitrogen and oxygen atoms in total. The topological polar surface area (TPSA) is 34.1 Å². The van der Waals surface area contributed by atoms with Crippen molar-refractivity contribution in [3.05, 3.63) is 35.4 Å². The van der Waals surface area contributed by atoms with Crippen LogP contribution in [0, 0.1) is 11.8 Å². The zero-order chi connectivity index (χ0) is 22.5. The minimum Gasteiger partial charge on any atom is -0.293 e. The molecule has 0 saturated heterocycles. The average molecular weight is 451 g/mol. The first-order valence-corrected chi connectivity index (χ1v) is 13.0. The highest BCUT2D eigenvalue weighted by Gasteiger charge is 2.27. The van der Waals surface area contributed by atoms with E-state index in [1.54, 1.807) is 12.1 Å². The van der Waals surface area contributed by atoms with E-state index in [0.29, 0.717) is 23.0 Å². The van der Waals surface area contributed by atoms with Gasteiger partial charge in [0.25, 0.3) is 0 Å². The van der Waals surface area contributed by atoms with Gasteiger partial charge in [-0.2, -0.15) is 25.3 Å². The first-order chi connectivity index (χ1) is 14.4. The molecule has 0 bridgehead atoms. The lowest BCUT2D eigenvalue weighted by Crippen LogP contribution is -2.25. The second kappa shape index (κ2) is 15.1. The van der Waals surface area contributed by atoms with Crippen LogP contribution in [-0.2, 0) is 0 Å². The van der Waals surface area contributed by atoms with Crippen LogP contribution in [0.1, 0.15) is 113 Å². The third kappa shape index (κ3) is 8.78. The summed E-state index contributed by atoms with van der Waals surface area (Å²) in [6.45, 7) is 8.74. The van der Waals surface area contributed by atoms with E-state index >= 15 is 0 Å². The molecule has 170 valence electrons. The predicted molar refractivity (Wildman–Crippen MR) is 136 cm³/mol. The Morgan fingerprint density at radius 2 is 1.10 bits per heavy atom. The predicted octanol–water partition coefficient (Wildman–Crippen LogP) is 7.86. The van der Waals surface area contributed by atoms with Gasteiger partial charge < -0.3 is 0 Å². The van der Waals surface area contributed by atoms with Crippen LogP contribution in [0.4, 0.5) is 0 Å². The van der Waals surface area contributed by atoms with Crippen LogP contribution in [0.2, 0.25) is 0 Å². The van der Waals surface area contributed by atoms with Gasteiger partial charge in [-0.25, -0.2) is 0 Å². The van der Waals surface area contributed by atoms with Gasteiger partial charge in [0.05, 0.1) is 10.5 Å². The molecule has 4 atom stereocenters. The number of carbonyl (C=O) groups excluding carboxylic acids is 2. The molecule has 0 fully saturated rings. The first-order valence-electron chi connectivity index (χ1n) is 11.9. The quantitative estimate of drug-likeness (QED) is 0.198. The number of unbranched alkanes of at least 4 members (excludes halogenated alkanes) is 2. The molecular formula is C26H42O2S2. The molecule has 0 amide bonds. The number of hydrogen-bond donors (Lipinski definition) is 2. The van der Waals surface area contributed by atoms with Crippen molar-refractivity contribution >= 4 is 36.8 Å². The number of carbonyl (C=O) groups is 2. The van der Waals surface area contributed by atoms with E-state index in [9.17, 15) is 9.59 Å². The Hall–Kier alpha value is -0.740. The molecule has 0 N–H and O–H groups in total. The van der Waals surface area contributed by atoms with Gasteiger partial charge in [0.1, 0.15) is 0 Å². The van der Waals surface area contributed by atoms with Crippen LogP contribution < -0.4 is 0 Å². The molecule has 30 heavy (non-hydrogen) atoms. The molecule has 0 aliphatic carbocycles. The molecule has 1 rings (SSSR count). The number of thiol groups is 2. The van der Waals surface area contributed by atoms with Crippen LogP contribution in [0.25, 0.3) is 0 Å². The standard InChI is InChI=1S/C26H42O2S2/c1-5-9-13-19(7-3)17-23(29)25(27)21-15-11-12-16-22(21)26(28)24(30)18-20(8-4)14-10-6-2/h11-12,15-16,19-20,23-24,29-30H,5-10,13-14,17-18H2,1-4H3. The molecule has 0 aliphatic rings. The number of benzene rings is 1. The summed E-state index contributed by atoms with van der Waals surface area (Å²) in [4.78, 5) is 26.4. The van der Waals surface area contributed by atoms with Gasteiger partial charge in [-0.1, -0.05) is 103 Å². The zero-order valence-corrected chi connectivity index (χ0v) is 21.2. The average Bonchev–Trinajstić information content (AvgIpc) is 2.77. The second-order valence-electron chi connectivity index (χ2n) is 8.61. The number of ketones is 2. The lowest BCUT2D eigenvalue weighted by atomic mass is 9.88. The zero-order valence-electron chi connectivity index (χ0n) is 19.4. The molecule has 0 aliphatic heterocycles. The van der Waals surface area contributed by atoms with Crippen LogP contribution in [-0.4, -0.2) is 22.1 Å². The summed E-state index contributed by atoms with van der Waals surface area (Å²) in [5, 5.41) is -0.737. The van der Waals surface area contributed by atoms with E-state index < -0.39 is 0 Å². The van der Waals surface area contributed by atoms with E-state index in [0.717, 1.165) is 38.5 Å². The van der Waals surface area contributed by atoms with Crippen molar-refractivity contribution in [2.75, 3.05) is 0 Å². The van der Waals surface area contributed by atoms with E-state index in [4.69, 9.17) is 0 Å². The molecule has 1 aromatic carbocycles. The van der Waals surface area contributed by atoms with Crippen LogP contribution in [0.15, 0.2) is 24.3 Å². The van der Waals surface area contributed by atoms with Gasteiger partial charge >= 0.3 is 0 Å². The normalized spacial score (nSPS) is 15.4. The molecule has 0 saturated carbocycles. The summed E-state index contributed by atoms with van der Waals surface area (Å²) < 4.78 is 0. The van der Waals surface area contributed by atoms with Crippen LogP contribution >= 0.6 is 25.3 Å². The summed E-state index contributed by atoms with van der Waals surface area (Å²) in [7, 11) is 0. The summed E-state index contributed by atoms with van der Waals surface area (Å²) in [5.41, 5.74) is 1.02. The highest BCUT2D eigenvalue weighted by atomic mass is 32.1. The summed E-state index contributed by atoms with van der Waals surface area (Å²) in [6, 6.07) is 7.23. The van der Waals surface area contributed by atoms with Crippen molar-refractivity contribution in [3.63, 3.8) is 0 Å². The molecule has 1 aromatic rings. The highest BCUT2D eigenvalue weighted by molar-refractivity contribution is 7.82. The maximum atomic E-state index is 13.2. The maximum absolute atomic E-state index is 13.2. The Labute approximate surface area is 195 Å². The lowest BCUT2D eigenvalue weighted by Gasteiger charge is -2.21. The minimum absolute atomic E-state index is 0.0317. The van der Waals surface area contributed by atoms with E-state index in [1.165, 1.54) is 25.7 Å². The summed E-state index contributed by atoms with van der Waals surface area (Å²) in [6.07, 6.45) is 10.6. The molecule has 0 heterocycles. The Kier molecular flexibility index (Phi) is 13.8. The summed E-state index contributed by atoms with van der Waals surface area (Å²) >= 11 is 9.30. The number of hydrogen-bond acceptors (Lipinski definition) is 4. The van der Waals surface area contributed by atoms with Gasteiger partial charge in [-0.3, -0.25) is 9.59 Å². The molecular weight excluding hydrogens is 408 g/mol. The van der Waals surface area contributed by atoms with Gasteiger partial charge in [0.2, 0.25) is 0 Å². The monoisotopic (exact) mass is 450 g/mol. The van der Waals surface area contributed by atoms with Gasteiger partial charge in [0.15, 0.2) is 11.6 Å². The van der Waals surface area contributed by atoms with Crippen molar-refractivity contribution in [1.29, 1.82) is 0 Å². The highest BCUT2D eigenvalue weighted by Crippen LogP contribution is 2.27. The Balaban J connectivity index is 2.91. The largest absolute Gasteiger partial charge is 0.293 e. The third-order valence-electron chi connectivity index (χ3n) is 6.26. The van der Waals surface area contributed by atoms with Crippen molar-refractivity contribution in [3.8, 4) is 0 Å². The molecule has 0 spiro atoms. The van der Waals surface area contributed by atoms with Crippen molar-refractivity contribution in [2.45, 2.75) is 102 Å². The maximum Gasteiger partial charge on any atom is 0.176 e. The molecule has 0 radical (unpaired) electrons. The van der Waals surface area contributed by atoms with Crippen molar-refractivity contribution in [2.24, 2.45) is 11.8 Å². The number of rotatable bonds is 16. The Morgan fingerprint density at radius 3 is 1.40 bits per heavy atom. The van der Waals surface area contributed by atoms with Crippen molar-refractivity contribution in [1.82, 2.24) is 0 Å². The number of Topliss-reactive ketones (excluding diaryl/α,β-unsaturated/α-hetero) is 2. The van der Waals surface area contributed by atoms with Gasteiger partial charge in [-0.05, 0) is 24.7 Å². The van der Waals surface area contributed by atoms with E-state index in [-0.39, 0.29) is 22.1 Å². The fourth-order valence-corrected chi connectivity index (χ4v) is 4.95. The Morgan fingerprint density at radius 1 is 0.733 bits per heavy atom. The molecule has 4 unspecified atom stereocenters. The summed E-state index contributed by atoms with van der Waals surface area (Å²) in [5.74, 6) is 0.938. The fraction of sp³-hybridized carbons (Fsp3) is 0.692. The van der Waals surface area contributed by atoms with E-state index in [1.807, 2.05) is 12.1 Å². The van der Waals surface area contributed by atoms with Crippen molar-refractivity contribution < 1.29 is 9.59 Å². The van der Waals surface area contributed by atoms with E-state index in [2.05, 4.69) is 53.0 Å². The smallest absolute Gasteiger partial charge is 0.176 e. The Bertz CT molecular complexity index is 589. The lowest BCUT2D eigenvalue weighted by molar-refractivity contribution is 0.0947. The van der Waals surface area contributed by atoms with Crippen LogP contribution in [0.5, 0.6) is 0 Å². The fourth-order valence-electron chi connectivity index (χ4n) is 4.08. The minimum atomic E-state index is -0.368. The SMILES string of the molecule is CCCCC(CC)CC(S)C(=O)c1ccccc1C(=O)C(S)CC(CC)CCCC. The molecule has 0 aromatic heterocycles. The van der Waals surface area contributed by atoms with Gasteiger partial charge in [-0.15, -0.1) is 0 Å². The van der Waals surface area contributed by atoms with Gasteiger partial charge in [0, 0.05) is 11.1 Å². The van der Waals surface area contributed by atoms with Crippen LogP contribution in [0.3, 0.4) is 0 Å².